The Labute approximate surface area is 156 Å². The minimum Gasteiger partial charge on any atom is -0.484 e. The summed E-state index contributed by atoms with van der Waals surface area (Å²) in [5.41, 5.74) is 6.57. The summed E-state index contributed by atoms with van der Waals surface area (Å²) in [5.74, 6) is 0.762. The van der Waals surface area contributed by atoms with Crippen molar-refractivity contribution in [3.8, 4) is 5.75 Å². The molecule has 1 aliphatic rings. The van der Waals surface area contributed by atoms with Gasteiger partial charge in [0.25, 0.3) is 5.91 Å². The van der Waals surface area contributed by atoms with E-state index in [4.69, 9.17) is 10.5 Å². The number of amides is 2. The van der Waals surface area contributed by atoms with Crippen molar-refractivity contribution < 1.29 is 14.3 Å². The zero-order valence-electron chi connectivity index (χ0n) is 16.2. The number of nitrogens with zero attached hydrogens (tertiary/aromatic N) is 2. The lowest BCUT2D eigenvalue weighted by Crippen LogP contribution is -2.56. The number of benzene rings is 1. The van der Waals surface area contributed by atoms with E-state index in [2.05, 4.69) is 0 Å². The molecule has 1 saturated heterocycles. The van der Waals surface area contributed by atoms with E-state index in [-0.39, 0.29) is 18.4 Å². The van der Waals surface area contributed by atoms with Gasteiger partial charge in [-0.1, -0.05) is 31.5 Å². The van der Waals surface area contributed by atoms with Gasteiger partial charge in [0.15, 0.2) is 6.61 Å². The van der Waals surface area contributed by atoms with Crippen molar-refractivity contribution in [3.63, 3.8) is 0 Å². The second-order valence-electron chi connectivity index (χ2n) is 6.97. The molecule has 1 fully saturated rings. The number of carbonyl (C=O) groups excluding carboxylic acids is 2. The largest absolute Gasteiger partial charge is 0.484 e. The third-order valence-electron chi connectivity index (χ3n) is 5.50. The standard InChI is InChI=1S/C20H31N3O3/c1-4-20(5-2,15-21)19(25)23-12-10-22(11-13-23)18(24)14-26-17-8-6-16(3)7-9-17/h6-9H,4-5,10-15,21H2,1-3H3. The maximum Gasteiger partial charge on any atom is 0.260 e. The molecule has 2 amide bonds. The third-order valence-corrected chi connectivity index (χ3v) is 5.50. The Morgan fingerprint density at radius 3 is 2.08 bits per heavy atom. The summed E-state index contributed by atoms with van der Waals surface area (Å²) in [4.78, 5) is 28.8. The first-order valence-corrected chi connectivity index (χ1v) is 9.42. The summed E-state index contributed by atoms with van der Waals surface area (Å²) in [6.07, 6.45) is 1.48. The molecule has 0 bridgehead atoms. The van der Waals surface area contributed by atoms with Gasteiger partial charge in [-0.05, 0) is 31.9 Å². The van der Waals surface area contributed by atoms with Crippen LogP contribution in [0.2, 0.25) is 0 Å². The van der Waals surface area contributed by atoms with Crippen LogP contribution < -0.4 is 10.5 Å². The summed E-state index contributed by atoms with van der Waals surface area (Å²) < 4.78 is 5.57. The Bertz CT molecular complexity index is 595. The predicted octanol–water partition coefficient (Wildman–Crippen LogP) is 1.81. The van der Waals surface area contributed by atoms with E-state index >= 15 is 0 Å². The van der Waals surface area contributed by atoms with Crippen LogP contribution in [0, 0.1) is 12.3 Å². The fourth-order valence-electron chi connectivity index (χ4n) is 3.29. The maximum absolute atomic E-state index is 12.8. The molecule has 0 aromatic heterocycles. The highest BCUT2D eigenvalue weighted by molar-refractivity contribution is 5.83. The van der Waals surface area contributed by atoms with E-state index in [1.54, 1.807) is 4.90 Å². The first-order valence-electron chi connectivity index (χ1n) is 9.42. The van der Waals surface area contributed by atoms with Gasteiger partial charge >= 0.3 is 0 Å². The van der Waals surface area contributed by atoms with Gasteiger partial charge in [0.05, 0.1) is 5.41 Å². The molecular formula is C20H31N3O3. The summed E-state index contributed by atoms with van der Waals surface area (Å²) in [7, 11) is 0. The molecule has 2 rings (SSSR count). The molecule has 2 N–H and O–H groups in total. The normalized spacial score (nSPS) is 15.1. The number of hydrogen-bond donors (Lipinski definition) is 1. The van der Waals surface area contributed by atoms with Crippen molar-refractivity contribution in [2.45, 2.75) is 33.6 Å². The fourth-order valence-corrected chi connectivity index (χ4v) is 3.29. The number of rotatable bonds is 7. The average Bonchev–Trinajstić information content (AvgIpc) is 2.69. The van der Waals surface area contributed by atoms with Gasteiger partial charge in [0, 0.05) is 32.7 Å². The van der Waals surface area contributed by atoms with E-state index < -0.39 is 5.41 Å². The SMILES string of the molecule is CCC(CC)(CN)C(=O)N1CCN(C(=O)COc2ccc(C)cc2)CC1. The zero-order valence-corrected chi connectivity index (χ0v) is 16.2. The van der Waals surface area contributed by atoms with Crippen LogP contribution in [-0.4, -0.2) is 60.9 Å². The van der Waals surface area contributed by atoms with Crippen LogP contribution in [0.25, 0.3) is 0 Å². The van der Waals surface area contributed by atoms with Crippen LogP contribution >= 0.6 is 0 Å². The van der Waals surface area contributed by atoms with Crippen molar-refractivity contribution >= 4 is 11.8 Å². The van der Waals surface area contributed by atoms with Crippen molar-refractivity contribution in [2.24, 2.45) is 11.1 Å². The summed E-state index contributed by atoms with van der Waals surface area (Å²) in [6.45, 7) is 8.59. The predicted molar refractivity (Wildman–Crippen MR) is 102 cm³/mol. The molecule has 0 radical (unpaired) electrons. The molecule has 26 heavy (non-hydrogen) atoms. The Kier molecular flexibility index (Phi) is 7.03. The van der Waals surface area contributed by atoms with Crippen LogP contribution in [0.5, 0.6) is 5.75 Å². The monoisotopic (exact) mass is 361 g/mol. The van der Waals surface area contributed by atoms with E-state index in [0.717, 1.165) is 18.4 Å². The number of piperazine rings is 1. The Morgan fingerprint density at radius 1 is 1.04 bits per heavy atom. The molecule has 6 heteroatoms. The van der Waals surface area contributed by atoms with Crippen molar-refractivity contribution in [1.82, 2.24) is 9.80 Å². The van der Waals surface area contributed by atoms with Gasteiger partial charge in [0.1, 0.15) is 5.75 Å². The Hall–Kier alpha value is -2.08. The van der Waals surface area contributed by atoms with Crippen LogP contribution in [0.3, 0.4) is 0 Å². The molecule has 0 spiro atoms. The Morgan fingerprint density at radius 2 is 1.58 bits per heavy atom. The molecule has 144 valence electrons. The fraction of sp³-hybridized carbons (Fsp3) is 0.600. The summed E-state index contributed by atoms with van der Waals surface area (Å²) in [5, 5.41) is 0. The average molecular weight is 361 g/mol. The van der Waals surface area contributed by atoms with Crippen molar-refractivity contribution in [2.75, 3.05) is 39.3 Å². The smallest absolute Gasteiger partial charge is 0.260 e. The quantitative estimate of drug-likeness (QED) is 0.804. The van der Waals surface area contributed by atoms with Crippen LogP contribution in [-0.2, 0) is 9.59 Å². The van der Waals surface area contributed by atoms with E-state index in [1.807, 2.05) is 49.9 Å². The highest BCUT2D eigenvalue weighted by Gasteiger charge is 2.38. The lowest BCUT2D eigenvalue weighted by molar-refractivity contribution is -0.147. The third kappa shape index (κ3) is 4.55. The van der Waals surface area contributed by atoms with Gasteiger partial charge in [0.2, 0.25) is 5.91 Å². The van der Waals surface area contributed by atoms with Crippen LogP contribution in [0.1, 0.15) is 32.3 Å². The molecule has 1 heterocycles. The molecule has 1 aliphatic heterocycles. The van der Waals surface area contributed by atoms with Crippen LogP contribution in [0.15, 0.2) is 24.3 Å². The van der Waals surface area contributed by atoms with Gasteiger partial charge < -0.3 is 20.3 Å². The molecule has 1 aromatic carbocycles. The van der Waals surface area contributed by atoms with Crippen LogP contribution in [0.4, 0.5) is 0 Å². The van der Waals surface area contributed by atoms with Crippen molar-refractivity contribution in [3.05, 3.63) is 29.8 Å². The second kappa shape index (κ2) is 9.03. The Balaban J connectivity index is 1.84. The van der Waals surface area contributed by atoms with E-state index in [9.17, 15) is 9.59 Å². The first kappa shape index (κ1) is 20.2. The molecule has 0 aliphatic carbocycles. The summed E-state index contributed by atoms with van der Waals surface area (Å²) >= 11 is 0. The number of aryl methyl sites for hydroxylation is 1. The highest BCUT2D eigenvalue weighted by Crippen LogP contribution is 2.28. The zero-order chi connectivity index (χ0) is 19.2. The van der Waals surface area contributed by atoms with E-state index in [1.165, 1.54) is 0 Å². The number of carbonyl (C=O) groups is 2. The molecular weight excluding hydrogens is 330 g/mol. The van der Waals surface area contributed by atoms with Crippen molar-refractivity contribution in [1.29, 1.82) is 0 Å². The van der Waals surface area contributed by atoms with Gasteiger partial charge in [-0.3, -0.25) is 9.59 Å². The molecule has 0 atom stereocenters. The molecule has 6 nitrogen and oxygen atoms in total. The van der Waals surface area contributed by atoms with Gasteiger partial charge in [-0.2, -0.15) is 0 Å². The minimum atomic E-state index is -0.471. The minimum absolute atomic E-state index is 0.0215. The number of nitrogens with two attached hydrogens (primary N) is 1. The second-order valence-corrected chi connectivity index (χ2v) is 6.97. The van der Waals surface area contributed by atoms with E-state index in [0.29, 0.717) is 38.5 Å². The number of ether oxygens (including phenoxy) is 1. The lowest BCUT2D eigenvalue weighted by atomic mass is 9.81. The summed E-state index contributed by atoms with van der Waals surface area (Å²) in [6, 6.07) is 7.63. The maximum atomic E-state index is 12.8. The lowest BCUT2D eigenvalue weighted by Gasteiger charge is -2.40. The molecule has 1 aromatic rings. The van der Waals surface area contributed by atoms with Gasteiger partial charge in [-0.25, -0.2) is 0 Å². The molecule has 0 unspecified atom stereocenters. The first-order chi connectivity index (χ1) is 12.5. The highest BCUT2D eigenvalue weighted by atomic mass is 16.5. The van der Waals surface area contributed by atoms with Gasteiger partial charge in [-0.15, -0.1) is 0 Å². The molecule has 0 saturated carbocycles. The number of hydrogen-bond acceptors (Lipinski definition) is 4. The topological polar surface area (TPSA) is 75.9 Å².